The quantitative estimate of drug-likeness (QED) is 0.887. The molecule has 1 unspecified atom stereocenters. The molecule has 138 valence electrons. The predicted molar refractivity (Wildman–Crippen MR) is 90.2 cm³/mol. The molecule has 26 heavy (non-hydrogen) atoms. The van der Waals surface area contributed by atoms with Gasteiger partial charge in [0.2, 0.25) is 0 Å². The van der Waals surface area contributed by atoms with E-state index in [1.54, 1.807) is 12.1 Å². The number of nitrogens with zero attached hydrogens (tertiary/aromatic N) is 1. The maximum atomic E-state index is 13.6. The van der Waals surface area contributed by atoms with E-state index in [1.807, 2.05) is 0 Å². The second-order valence-electron chi connectivity index (χ2n) is 6.09. The van der Waals surface area contributed by atoms with E-state index in [0.29, 0.717) is 32.4 Å². The summed E-state index contributed by atoms with van der Waals surface area (Å²) in [6, 6.07) is 8.58. The number of ether oxygens (including phenoxy) is 1. The van der Waals surface area contributed by atoms with E-state index >= 15 is 0 Å². The third kappa shape index (κ3) is 4.62. The summed E-state index contributed by atoms with van der Waals surface area (Å²) < 4.78 is 45.6. The van der Waals surface area contributed by atoms with Crippen molar-refractivity contribution in [1.29, 1.82) is 0 Å². The van der Waals surface area contributed by atoms with E-state index in [4.69, 9.17) is 4.74 Å². The Morgan fingerprint density at radius 3 is 2.38 bits per heavy atom. The van der Waals surface area contributed by atoms with Crippen LogP contribution in [0.15, 0.2) is 42.5 Å². The Morgan fingerprint density at radius 2 is 1.73 bits per heavy atom. The molecule has 1 amide bonds. The van der Waals surface area contributed by atoms with Crippen LogP contribution in [0.4, 0.5) is 13.2 Å². The predicted octanol–water partition coefficient (Wildman–Crippen LogP) is 2.91. The molecule has 0 saturated carbocycles. The van der Waals surface area contributed by atoms with Crippen molar-refractivity contribution < 1.29 is 22.7 Å². The van der Waals surface area contributed by atoms with Crippen molar-refractivity contribution in [2.75, 3.05) is 32.8 Å². The number of morpholine rings is 1. The molecule has 1 fully saturated rings. The normalized spacial score (nSPS) is 16.3. The summed E-state index contributed by atoms with van der Waals surface area (Å²) in [6.07, 6.45) is 0. The van der Waals surface area contributed by atoms with Crippen LogP contribution in [0.5, 0.6) is 0 Å². The van der Waals surface area contributed by atoms with Gasteiger partial charge in [0, 0.05) is 31.3 Å². The van der Waals surface area contributed by atoms with Crippen molar-refractivity contribution in [3.63, 3.8) is 0 Å². The minimum absolute atomic E-state index is 0.0949. The number of amides is 1. The molecule has 0 radical (unpaired) electrons. The monoisotopic (exact) mass is 364 g/mol. The molecule has 4 nitrogen and oxygen atoms in total. The molecule has 1 aliphatic heterocycles. The van der Waals surface area contributed by atoms with Gasteiger partial charge in [-0.3, -0.25) is 9.69 Å². The van der Waals surface area contributed by atoms with Crippen LogP contribution in [0.1, 0.15) is 22.0 Å². The SMILES string of the molecule is O=C(NCC(c1cccc(F)c1)N1CCOCC1)c1cc(F)cc(F)c1. The summed E-state index contributed by atoms with van der Waals surface area (Å²) in [4.78, 5) is 14.4. The third-order valence-corrected chi connectivity index (χ3v) is 4.30. The lowest BCUT2D eigenvalue weighted by Crippen LogP contribution is -2.43. The number of carbonyl (C=O) groups is 1. The van der Waals surface area contributed by atoms with Crippen LogP contribution in [-0.4, -0.2) is 43.7 Å². The Labute approximate surface area is 149 Å². The molecular formula is C19H19F3N2O2. The van der Waals surface area contributed by atoms with Gasteiger partial charge in [0.1, 0.15) is 17.5 Å². The number of rotatable bonds is 5. The minimum atomic E-state index is -0.815. The fourth-order valence-electron chi connectivity index (χ4n) is 3.04. The Hall–Kier alpha value is -2.38. The van der Waals surface area contributed by atoms with Crippen LogP contribution < -0.4 is 5.32 Å². The number of halogens is 3. The van der Waals surface area contributed by atoms with Gasteiger partial charge in [-0.2, -0.15) is 0 Å². The highest BCUT2D eigenvalue weighted by Crippen LogP contribution is 2.22. The standard InChI is InChI=1S/C19H19F3N2O2/c20-15-3-1-2-13(8-15)18(24-4-6-26-7-5-24)12-23-19(25)14-9-16(21)11-17(22)10-14/h1-3,8-11,18H,4-7,12H2,(H,23,25). The number of benzene rings is 2. The fraction of sp³-hybridized carbons (Fsp3) is 0.316. The molecule has 7 heteroatoms. The second kappa shape index (κ2) is 8.33. The molecule has 0 bridgehead atoms. The molecular weight excluding hydrogens is 345 g/mol. The topological polar surface area (TPSA) is 41.6 Å². The maximum absolute atomic E-state index is 13.6. The first kappa shape index (κ1) is 18.4. The fourth-order valence-corrected chi connectivity index (χ4v) is 3.04. The summed E-state index contributed by atoms with van der Waals surface area (Å²) in [6.45, 7) is 2.57. The van der Waals surface area contributed by atoms with E-state index in [1.165, 1.54) is 12.1 Å². The van der Waals surface area contributed by atoms with Gasteiger partial charge in [-0.15, -0.1) is 0 Å². The summed E-state index contributed by atoms with van der Waals surface area (Å²) in [5.41, 5.74) is 0.625. The van der Waals surface area contributed by atoms with E-state index in [0.717, 1.165) is 17.7 Å². The second-order valence-corrected chi connectivity index (χ2v) is 6.09. The average molecular weight is 364 g/mol. The maximum Gasteiger partial charge on any atom is 0.251 e. The third-order valence-electron chi connectivity index (χ3n) is 4.30. The van der Waals surface area contributed by atoms with Gasteiger partial charge in [0.15, 0.2) is 0 Å². The lowest BCUT2D eigenvalue weighted by atomic mass is 10.0. The molecule has 2 aromatic rings. The van der Waals surface area contributed by atoms with Gasteiger partial charge in [-0.1, -0.05) is 12.1 Å². The van der Waals surface area contributed by atoms with Crippen molar-refractivity contribution in [2.24, 2.45) is 0 Å². The number of carbonyl (C=O) groups excluding carboxylic acids is 1. The molecule has 1 atom stereocenters. The van der Waals surface area contributed by atoms with Crippen LogP contribution in [0, 0.1) is 17.5 Å². The van der Waals surface area contributed by atoms with Crippen molar-refractivity contribution in [3.8, 4) is 0 Å². The average Bonchev–Trinajstić information content (AvgIpc) is 2.62. The first-order valence-corrected chi connectivity index (χ1v) is 8.34. The zero-order chi connectivity index (χ0) is 18.5. The van der Waals surface area contributed by atoms with E-state index in [2.05, 4.69) is 10.2 Å². The number of nitrogens with one attached hydrogen (secondary N) is 1. The lowest BCUT2D eigenvalue weighted by molar-refractivity contribution is 0.0162. The zero-order valence-electron chi connectivity index (χ0n) is 14.1. The lowest BCUT2D eigenvalue weighted by Gasteiger charge is -2.35. The molecule has 1 aliphatic rings. The van der Waals surface area contributed by atoms with Gasteiger partial charge >= 0.3 is 0 Å². The van der Waals surface area contributed by atoms with Gasteiger partial charge in [-0.25, -0.2) is 13.2 Å². The summed E-state index contributed by atoms with van der Waals surface area (Å²) in [7, 11) is 0. The van der Waals surface area contributed by atoms with Crippen LogP contribution >= 0.6 is 0 Å². The molecule has 0 aromatic heterocycles. The van der Waals surface area contributed by atoms with E-state index in [9.17, 15) is 18.0 Å². The van der Waals surface area contributed by atoms with Gasteiger partial charge in [-0.05, 0) is 29.8 Å². The summed E-state index contributed by atoms with van der Waals surface area (Å²) >= 11 is 0. The van der Waals surface area contributed by atoms with E-state index in [-0.39, 0.29) is 24.0 Å². The van der Waals surface area contributed by atoms with E-state index < -0.39 is 17.5 Å². The molecule has 3 rings (SSSR count). The number of hydrogen-bond acceptors (Lipinski definition) is 3. The molecule has 1 heterocycles. The summed E-state index contributed by atoms with van der Waals surface area (Å²) in [5.74, 6) is -2.58. The van der Waals surface area contributed by atoms with Crippen molar-refractivity contribution in [1.82, 2.24) is 10.2 Å². The van der Waals surface area contributed by atoms with Crippen LogP contribution in [0.3, 0.4) is 0 Å². The highest BCUT2D eigenvalue weighted by molar-refractivity contribution is 5.94. The Balaban J connectivity index is 1.75. The van der Waals surface area contributed by atoms with Gasteiger partial charge in [0.05, 0.1) is 19.3 Å². The molecule has 2 aromatic carbocycles. The van der Waals surface area contributed by atoms with Crippen molar-refractivity contribution >= 4 is 5.91 Å². The van der Waals surface area contributed by atoms with Gasteiger partial charge < -0.3 is 10.1 Å². The first-order valence-electron chi connectivity index (χ1n) is 8.34. The zero-order valence-corrected chi connectivity index (χ0v) is 14.1. The molecule has 1 N–H and O–H groups in total. The smallest absolute Gasteiger partial charge is 0.251 e. The van der Waals surface area contributed by atoms with Crippen LogP contribution in [0.25, 0.3) is 0 Å². The highest BCUT2D eigenvalue weighted by Gasteiger charge is 2.24. The first-order chi connectivity index (χ1) is 12.5. The molecule has 1 saturated heterocycles. The summed E-state index contributed by atoms with van der Waals surface area (Å²) in [5, 5.41) is 2.69. The van der Waals surface area contributed by atoms with Crippen LogP contribution in [0.2, 0.25) is 0 Å². The highest BCUT2D eigenvalue weighted by atomic mass is 19.1. The Kier molecular flexibility index (Phi) is 5.90. The minimum Gasteiger partial charge on any atom is -0.379 e. The van der Waals surface area contributed by atoms with Crippen LogP contribution in [-0.2, 0) is 4.74 Å². The molecule has 0 spiro atoms. The molecule has 0 aliphatic carbocycles. The Morgan fingerprint density at radius 1 is 1.04 bits per heavy atom. The van der Waals surface area contributed by atoms with Crippen molar-refractivity contribution in [3.05, 3.63) is 71.0 Å². The van der Waals surface area contributed by atoms with Crippen molar-refractivity contribution in [2.45, 2.75) is 6.04 Å². The largest absolute Gasteiger partial charge is 0.379 e. The number of hydrogen-bond donors (Lipinski definition) is 1. The van der Waals surface area contributed by atoms with Gasteiger partial charge in [0.25, 0.3) is 5.91 Å². The Bertz CT molecular complexity index is 759.